The van der Waals surface area contributed by atoms with Gasteiger partial charge in [0.1, 0.15) is 5.82 Å². The van der Waals surface area contributed by atoms with Gasteiger partial charge in [0, 0.05) is 12.1 Å². The summed E-state index contributed by atoms with van der Waals surface area (Å²) in [4.78, 5) is 14.7. The van der Waals surface area contributed by atoms with Gasteiger partial charge >= 0.3 is 0 Å². The molecule has 3 nitrogen and oxygen atoms in total. The topological polar surface area (TPSA) is 32.3 Å². The second kappa shape index (κ2) is 6.14. The lowest BCUT2D eigenvalue weighted by Crippen LogP contribution is -2.49. The van der Waals surface area contributed by atoms with Gasteiger partial charge in [-0.3, -0.25) is 4.79 Å². The first-order chi connectivity index (χ1) is 9.81. The molecule has 21 heavy (non-hydrogen) atoms. The third kappa shape index (κ3) is 4.03. The zero-order chi connectivity index (χ0) is 15.6. The minimum absolute atomic E-state index is 0.0547. The van der Waals surface area contributed by atoms with E-state index in [9.17, 15) is 9.18 Å². The highest BCUT2D eigenvalue weighted by molar-refractivity contribution is 5.84. The maximum absolute atomic E-state index is 13.1. The van der Waals surface area contributed by atoms with Gasteiger partial charge in [0.2, 0.25) is 5.91 Å². The first kappa shape index (κ1) is 16.0. The Morgan fingerprint density at radius 3 is 2.38 bits per heavy atom. The molecule has 0 heterocycles. The van der Waals surface area contributed by atoms with Gasteiger partial charge in [0.15, 0.2) is 0 Å². The van der Waals surface area contributed by atoms with Crippen molar-refractivity contribution < 1.29 is 9.18 Å². The molecule has 1 fully saturated rings. The van der Waals surface area contributed by atoms with Crippen LogP contribution in [0.1, 0.15) is 38.2 Å². The summed E-state index contributed by atoms with van der Waals surface area (Å²) >= 11 is 0. The average Bonchev–Trinajstić information content (AvgIpc) is 3.23. The van der Waals surface area contributed by atoms with Gasteiger partial charge in [0.25, 0.3) is 0 Å². The predicted molar refractivity (Wildman–Crippen MR) is 82.6 cm³/mol. The van der Waals surface area contributed by atoms with Crippen molar-refractivity contribution in [1.82, 2.24) is 10.2 Å². The van der Waals surface area contributed by atoms with Crippen molar-refractivity contribution in [3.8, 4) is 0 Å². The SMILES string of the molecule is CN(C)C(C)(C)CNC(=O)C(c1ccc(F)cc1)C1CC1. The van der Waals surface area contributed by atoms with E-state index in [2.05, 4.69) is 24.1 Å². The van der Waals surface area contributed by atoms with Gasteiger partial charge < -0.3 is 10.2 Å². The van der Waals surface area contributed by atoms with Crippen molar-refractivity contribution in [3.63, 3.8) is 0 Å². The highest BCUT2D eigenvalue weighted by atomic mass is 19.1. The molecule has 1 aliphatic carbocycles. The number of hydrogen-bond acceptors (Lipinski definition) is 2. The number of halogens is 1. The molecule has 1 saturated carbocycles. The molecule has 0 radical (unpaired) electrons. The molecular weight excluding hydrogens is 267 g/mol. The molecular formula is C17H25FN2O. The molecule has 1 aromatic rings. The van der Waals surface area contributed by atoms with Gasteiger partial charge in [-0.1, -0.05) is 12.1 Å². The Balaban J connectivity index is 2.05. The Labute approximate surface area is 126 Å². The van der Waals surface area contributed by atoms with Crippen LogP contribution in [0.3, 0.4) is 0 Å². The number of nitrogens with one attached hydrogen (secondary N) is 1. The van der Waals surface area contributed by atoms with Crippen LogP contribution in [0, 0.1) is 11.7 Å². The van der Waals surface area contributed by atoms with Crippen LogP contribution >= 0.6 is 0 Å². The van der Waals surface area contributed by atoms with E-state index in [1.54, 1.807) is 12.1 Å². The van der Waals surface area contributed by atoms with Gasteiger partial charge in [-0.05, 0) is 64.4 Å². The predicted octanol–water partition coefficient (Wildman–Crippen LogP) is 2.78. The molecule has 116 valence electrons. The molecule has 2 rings (SSSR count). The molecule has 4 heteroatoms. The molecule has 1 atom stereocenters. The summed E-state index contributed by atoms with van der Waals surface area (Å²) in [5, 5.41) is 3.06. The standard InChI is InChI=1S/C17H25FN2O/c1-17(2,20(3)4)11-19-16(21)15(12-5-6-12)13-7-9-14(18)10-8-13/h7-10,12,15H,5-6,11H2,1-4H3,(H,19,21). The maximum atomic E-state index is 13.1. The normalized spacial score (nSPS) is 16.9. The van der Waals surface area contributed by atoms with Crippen LogP contribution in [0.15, 0.2) is 24.3 Å². The van der Waals surface area contributed by atoms with Crippen molar-refractivity contribution in [3.05, 3.63) is 35.6 Å². The number of carbonyl (C=O) groups excluding carboxylic acids is 1. The third-order valence-corrected chi connectivity index (χ3v) is 4.51. The first-order valence-corrected chi connectivity index (χ1v) is 7.52. The van der Waals surface area contributed by atoms with Crippen LogP contribution in [0.5, 0.6) is 0 Å². The van der Waals surface area contributed by atoms with E-state index in [1.165, 1.54) is 12.1 Å². The van der Waals surface area contributed by atoms with E-state index in [-0.39, 0.29) is 23.2 Å². The van der Waals surface area contributed by atoms with Crippen LogP contribution in [-0.2, 0) is 4.79 Å². The van der Waals surface area contributed by atoms with Crippen LogP contribution in [0.25, 0.3) is 0 Å². The van der Waals surface area contributed by atoms with Gasteiger partial charge in [-0.25, -0.2) is 4.39 Å². The lowest BCUT2D eigenvalue weighted by atomic mass is 9.92. The van der Waals surface area contributed by atoms with Crippen molar-refractivity contribution >= 4 is 5.91 Å². The number of nitrogens with zero attached hydrogens (tertiary/aromatic N) is 1. The van der Waals surface area contributed by atoms with Crippen LogP contribution in [0.4, 0.5) is 4.39 Å². The van der Waals surface area contributed by atoms with E-state index in [0.29, 0.717) is 12.5 Å². The molecule has 1 unspecified atom stereocenters. The summed E-state index contributed by atoms with van der Waals surface area (Å²) in [6, 6.07) is 6.33. The molecule has 0 aliphatic heterocycles. The van der Waals surface area contributed by atoms with Crippen LogP contribution < -0.4 is 5.32 Å². The third-order valence-electron chi connectivity index (χ3n) is 4.51. The highest BCUT2D eigenvalue weighted by Gasteiger charge is 2.37. The number of amides is 1. The number of likely N-dealkylation sites (N-methyl/N-ethyl adjacent to an activating group) is 1. The zero-order valence-corrected chi connectivity index (χ0v) is 13.3. The van der Waals surface area contributed by atoms with E-state index < -0.39 is 0 Å². The summed E-state index contributed by atoms with van der Waals surface area (Å²) in [6.07, 6.45) is 2.15. The molecule has 0 bridgehead atoms. The van der Waals surface area contributed by atoms with E-state index in [0.717, 1.165) is 18.4 Å². The largest absolute Gasteiger partial charge is 0.354 e. The Bertz CT molecular complexity index is 492. The lowest BCUT2D eigenvalue weighted by molar-refractivity contribution is -0.123. The fraction of sp³-hybridized carbons (Fsp3) is 0.588. The number of carbonyl (C=O) groups is 1. The minimum atomic E-state index is -0.262. The molecule has 1 aliphatic rings. The average molecular weight is 292 g/mol. The van der Waals surface area contributed by atoms with Crippen molar-refractivity contribution in [2.45, 2.75) is 38.1 Å². The molecule has 1 aromatic carbocycles. The Hall–Kier alpha value is -1.42. The molecule has 1 amide bonds. The number of rotatable bonds is 6. The zero-order valence-electron chi connectivity index (χ0n) is 13.3. The Morgan fingerprint density at radius 2 is 1.90 bits per heavy atom. The molecule has 0 aromatic heterocycles. The van der Waals surface area contributed by atoms with E-state index in [1.807, 2.05) is 14.1 Å². The summed E-state index contributed by atoms with van der Waals surface area (Å²) in [5.74, 6) is 0.0444. The second-order valence-electron chi connectivity index (χ2n) is 6.79. The van der Waals surface area contributed by atoms with Crippen LogP contribution in [-0.4, -0.2) is 37.0 Å². The first-order valence-electron chi connectivity index (χ1n) is 7.52. The molecule has 1 N–H and O–H groups in total. The maximum Gasteiger partial charge on any atom is 0.227 e. The minimum Gasteiger partial charge on any atom is -0.354 e. The Morgan fingerprint density at radius 1 is 1.33 bits per heavy atom. The van der Waals surface area contributed by atoms with Gasteiger partial charge in [-0.15, -0.1) is 0 Å². The summed E-state index contributed by atoms with van der Waals surface area (Å²) in [6.45, 7) is 4.79. The fourth-order valence-corrected chi connectivity index (χ4v) is 2.31. The fourth-order valence-electron chi connectivity index (χ4n) is 2.31. The van der Waals surface area contributed by atoms with Crippen molar-refractivity contribution in [1.29, 1.82) is 0 Å². The van der Waals surface area contributed by atoms with Crippen molar-refractivity contribution in [2.24, 2.45) is 5.92 Å². The van der Waals surface area contributed by atoms with E-state index >= 15 is 0 Å². The lowest BCUT2D eigenvalue weighted by Gasteiger charge is -2.33. The van der Waals surface area contributed by atoms with Crippen LogP contribution in [0.2, 0.25) is 0 Å². The van der Waals surface area contributed by atoms with Gasteiger partial charge in [0.05, 0.1) is 5.92 Å². The smallest absolute Gasteiger partial charge is 0.227 e. The van der Waals surface area contributed by atoms with E-state index in [4.69, 9.17) is 0 Å². The quantitative estimate of drug-likeness (QED) is 0.874. The van der Waals surface area contributed by atoms with Crippen molar-refractivity contribution in [2.75, 3.05) is 20.6 Å². The summed E-state index contributed by atoms with van der Waals surface area (Å²) in [5.41, 5.74) is 0.825. The molecule has 0 spiro atoms. The highest BCUT2D eigenvalue weighted by Crippen LogP contribution is 2.42. The van der Waals surface area contributed by atoms with Gasteiger partial charge in [-0.2, -0.15) is 0 Å². The number of benzene rings is 1. The second-order valence-corrected chi connectivity index (χ2v) is 6.79. The Kier molecular flexibility index (Phi) is 4.67. The number of hydrogen-bond donors (Lipinski definition) is 1. The monoisotopic (exact) mass is 292 g/mol. The molecule has 0 saturated heterocycles. The summed E-state index contributed by atoms with van der Waals surface area (Å²) in [7, 11) is 4.01. The summed E-state index contributed by atoms with van der Waals surface area (Å²) < 4.78 is 13.1.